The van der Waals surface area contributed by atoms with E-state index in [9.17, 15) is 9.59 Å². The number of hydrogen-bond acceptors (Lipinski definition) is 5. The van der Waals surface area contributed by atoms with Gasteiger partial charge in [-0.3, -0.25) is 14.5 Å². The number of carbonyl (C=O) groups is 2. The highest BCUT2D eigenvalue weighted by Crippen LogP contribution is 2.22. The van der Waals surface area contributed by atoms with E-state index < -0.39 is 0 Å². The number of nitrogens with two attached hydrogens (primary N) is 1. The summed E-state index contributed by atoms with van der Waals surface area (Å²) in [7, 11) is 0. The summed E-state index contributed by atoms with van der Waals surface area (Å²) in [4.78, 5) is 29.6. The summed E-state index contributed by atoms with van der Waals surface area (Å²) >= 11 is 1.35. The van der Waals surface area contributed by atoms with E-state index in [2.05, 4.69) is 4.98 Å². The highest BCUT2D eigenvalue weighted by atomic mass is 35.5. The van der Waals surface area contributed by atoms with Crippen molar-refractivity contribution < 1.29 is 9.59 Å². The first-order chi connectivity index (χ1) is 9.16. The largest absolute Gasteiger partial charge is 0.375 e. The molecule has 0 saturated heterocycles. The molecular formula is C13H12ClN3O2S. The number of benzene rings is 1. The topological polar surface area (TPSA) is 76.3 Å². The van der Waals surface area contributed by atoms with E-state index in [4.69, 9.17) is 5.73 Å². The molecule has 0 radical (unpaired) electrons. The van der Waals surface area contributed by atoms with Crippen LogP contribution in [0.15, 0.2) is 29.6 Å². The maximum atomic E-state index is 12.1. The van der Waals surface area contributed by atoms with E-state index >= 15 is 0 Å². The minimum Gasteiger partial charge on any atom is -0.375 e. The van der Waals surface area contributed by atoms with Gasteiger partial charge in [0.05, 0.1) is 16.8 Å². The maximum Gasteiger partial charge on any atom is 0.261 e. The van der Waals surface area contributed by atoms with Crippen LogP contribution in [0.2, 0.25) is 0 Å². The zero-order chi connectivity index (χ0) is 13.4. The molecular weight excluding hydrogens is 298 g/mol. The summed E-state index contributed by atoms with van der Waals surface area (Å²) in [5, 5.41) is 2.34. The number of fused-ring (bicyclic) bond motifs is 1. The molecule has 0 saturated carbocycles. The lowest BCUT2D eigenvalue weighted by atomic mass is 10.1. The van der Waals surface area contributed by atoms with Crippen molar-refractivity contribution in [2.45, 2.75) is 6.42 Å². The van der Waals surface area contributed by atoms with E-state index in [0.29, 0.717) is 29.2 Å². The number of thiazole rings is 1. The van der Waals surface area contributed by atoms with Gasteiger partial charge in [0.1, 0.15) is 0 Å². The number of imide groups is 1. The Hall–Kier alpha value is -1.92. The van der Waals surface area contributed by atoms with Crippen LogP contribution in [0.1, 0.15) is 26.4 Å². The number of rotatable bonds is 3. The third-order valence-electron chi connectivity index (χ3n) is 3.04. The van der Waals surface area contributed by atoms with Gasteiger partial charge >= 0.3 is 0 Å². The molecule has 1 aromatic heterocycles. The first kappa shape index (κ1) is 14.5. The molecule has 0 fully saturated rings. The first-order valence-corrected chi connectivity index (χ1v) is 6.70. The molecule has 1 aliphatic rings. The van der Waals surface area contributed by atoms with Crippen molar-refractivity contribution in [1.29, 1.82) is 0 Å². The standard InChI is InChI=1S/C13H11N3O2S.ClH/c14-13-15-8(7-19-13)5-6-16-11(17)9-3-1-2-4-10(9)12(16)18;/h1-4,7H,5-6H2,(H2,14,15);1H. The minimum absolute atomic E-state index is 0. The van der Waals surface area contributed by atoms with Gasteiger partial charge in [-0.25, -0.2) is 4.98 Å². The summed E-state index contributed by atoms with van der Waals surface area (Å²) in [5.41, 5.74) is 7.30. The smallest absolute Gasteiger partial charge is 0.261 e. The van der Waals surface area contributed by atoms with Gasteiger partial charge in [-0.2, -0.15) is 0 Å². The molecule has 104 valence electrons. The van der Waals surface area contributed by atoms with Gasteiger partial charge < -0.3 is 5.73 Å². The molecule has 2 amide bonds. The van der Waals surface area contributed by atoms with Crippen LogP contribution in [0, 0.1) is 0 Å². The molecule has 0 aliphatic carbocycles. The molecule has 0 unspecified atom stereocenters. The Morgan fingerprint density at radius 3 is 2.25 bits per heavy atom. The molecule has 0 spiro atoms. The van der Waals surface area contributed by atoms with Crippen LogP contribution in [-0.2, 0) is 6.42 Å². The second-order valence-corrected chi connectivity index (χ2v) is 5.12. The predicted octanol–water partition coefficient (Wildman–Crippen LogP) is 1.99. The van der Waals surface area contributed by atoms with E-state index in [1.807, 2.05) is 5.38 Å². The summed E-state index contributed by atoms with van der Waals surface area (Å²) in [6, 6.07) is 6.87. The molecule has 20 heavy (non-hydrogen) atoms. The summed E-state index contributed by atoms with van der Waals surface area (Å²) in [6.07, 6.45) is 0.527. The van der Waals surface area contributed by atoms with Crippen LogP contribution in [0.5, 0.6) is 0 Å². The second kappa shape index (κ2) is 5.60. The lowest BCUT2D eigenvalue weighted by Gasteiger charge is -2.12. The van der Waals surface area contributed by atoms with Gasteiger partial charge in [-0.1, -0.05) is 12.1 Å². The van der Waals surface area contributed by atoms with Crippen LogP contribution in [0.25, 0.3) is 0 Å². The molecule has 0 atom stereocenters. The number of amides is 2. The summed E-state index contributed by atoms with van der Waals surface area (Å²) in [5.74, 6) is -0.465. The zero-order valence-electron chi connectivity index (χ0n) is 10.4. The van der Waals surface area contributed by atoms with Gasteiger partial charge in [0, 0.05) is 18.3 Å². The van der Waals surface area contributed by atoms with E-state index in [-0.39, 0.29) is 24.2 Å². The summed E-state index contributed by atoms with van der Waals surface area (Å²) < 4.78 is 0. The molecule has 0 bridgehead atoms. The van der Waals surface area contributed by atoms with Crippen molar-refractivity contribution in [3.63, 3.8) is 0 Å². The van der Waals surface area contributed by atoms with Crippen molar-refractivity contribution in [3.05, 3.63) is 46.5 Å². The van der Waals surface area contributed by atoms with Crippen molar-refractivity contribution in [2.75, 3.05) is 12.3 Å². The fourth-order valence-electron chi connectivity index (χ4n) is 2.11. The van der Waals surface area contributed by atoms with Crippen molar-refractivity contribution in [2.24, 2.45) is 0 Å². The van der Waals surface area contributed by atoms with Crippen LogP contribution in [0.3, 0.4) is 0 Å². The zero-order valence-corrected chi connectivity index (χ0v) is 12.0. The van der Waals surface area contributed by atoms with Crippen molar-refractivity contribution >= 4 is 40.7 Å². The molecule has 2 aromatic rings. The normalized spacial score (nSPS) is 13.3. The number of nitrogen functional groups attached to an aromatic ring is 1. The van der Waals surface area contributed by atoms with Crippen LogP contribution in [0.4, 0.5) is 5.13 Å². The first-order valence-electron chi connectivity index (χ1n) is 5.82. The molecule has 3 rings (SSSR count). The Labute approximate surface area is 125 Å². The highest BCUT2D eigenvalue weighted by Gasteiger charge is 2.34. The second-order valence-electron chi connectivity index (χ2n) is 4.23. The fourth-order valence-corrected chi connectivity index (χ4v) is 2.70. The summed E-state index contributed by atoms with van der Waals surface area (Å²) in [6.45, 7) is 0.329. The Kier molecular flexibility index (Phi) is 4.06. The van der Waals surface area contributed by atoms with Gasteiger partial charge in [0.25, 0.3) is 11.8 Å². The number of aromatic nitrogens is 1. The Balaban J connectivity index is 0.00000147. The monoisotopic (exact) mass is 309 g/mol. The SMILES string of the molecule is Cl.Nc1nc(CCN2C(=O)c3ccccc3C2=O)cs1. The number of hydrogen-bond donors (Lipinski definition) is 1. The van der Waals surface area contributed by atoms with Crippen LogP contribution < -0.4 is 5.73 Å². The van der Waals surface area contributed by atoms with Crippen LogP contribution in [-0.4, -0.2) is 28.2 Å². The highest BCUT2D eigenvalue weighted by molar-refractivity contribution is 7.13. The average Bonchev–Trinajstić information content (AvgIpc) is 2.93. The van der Waals surface area contributed by atoms with E-state index in [1.165, 1.54) is 16.2 Å². The molecule has 5 nitrogen and oxygen atoms in total. The van der Waals surface area contributed by atoms with E-state index in [0.717, 1.165) is 5.69 Å². The van der Waals surface area contributed by atoms with E-state index in [1.54, 1.807) is 24.3 Å². The number of carbonyl (C=O) groups excluding carboxylic acids is 2. The van der Waals surface area contributed by atoms with Crippen molar-refractivity contribution in [3.8, 4) is 0 Å². The molecule has 1 aromatic carbocycles. The molecule has 2 N–H and O–H groups in total. The van der Waals surface area contributed by atoms with Gasteiger partial charge in [-0.05, 0) is 12.1 Å². The van der Waals surface area contributed by atoms with Crippen LogP contribution >= 0.6 is 23.7 Å². The van der Waals surface area contributed by atoms with Gasteiger partial charge in [0.2, 0.25) is 0 Å². The molecule has 7 heteroatoms. The third-order valence-corrected chi connectivity index (χ3v) is 3.76. The van der Waals surface area contributed by atoms with Gasteiger partial charge in [-0.15, -0.1) is 23.7 Å². The number of anilines is 1. The Morgan fingerprint density at radius 2 is 1.75 bits per heavy atom. The lowest BCUT2D eigenvalue weighted by Crippen LogP contribution is -2.31. The van der Waals surface area contributed by atoms with Crippen molar-refractivity contribution in [1.82, 2.24) is 9.88 Å². The number of nitrogens with zero attached hydrogens (tertiary/aromatic N) is 2. The third kappa shape index (κ3) is 2.39. The van der Waals surface area contributed by atoms with Gasteiger partial charge in [0.15, 0.2) is 5.13 Å². The molecule has 1 aliphatic heterocycles. The number of halogens is 1. The average molecular weight is 310 g/mol. The Bertz CT molecular complexity index is 636. The quantitative estimate of drug-likeness (QED) is 0.880. The molecule has 2 heterocycles. The maximum absolute atomic E-state index is 12.1. The lowest BCUT2D eigenvalue weighted by molar-refractivity contribution is 0.0656. The predicted molar refractivity (Wildman–Crippen MR) is 79.3 cm³/mol. The Morgan fingerprint density at radius 1 is 1.15 bits per heavy atom. The minimum atomic E-state index is -0.233. The fraction of sp³-hybridized carbons (Fsp3) is 0.154.